The van der Waals surface area contributed by atoms with Crippen LogP contribution in [-0.4, -0.2) is 49.0 Å². The quantitative estimate of drug-likeness (QED) is 0.897. The van der Waals surface area contributed by atoms with Gasteiger partial charge >= 0.3 is 0 Å². The van der Waals surface area contributed by atoms with Crippen LogP contribution in [0.2, 0.25) is 0 Å². The summed E-state index contributed by atoms with van der Waals surface area (Å²) in [6.45, 7) is 7.46. The number of hydrogen-bond acceptors (Lipinski definition) is 4. The van der Waals surface area contributed by atoms with Crippen molar-refractivity contribution in [1.29, 1.82) is 0 Å². The van der Waals surface area contributed by atoms with Crippen LogP contribution in [0.25, 0.3) is 0 Å². The van der Waals surface area contributed by atoms with Crippen molar-refractivity contribution in [1.82, 2.24) is 4.90 Å². The molecule has 1 aromatic rings. The molecule has 0 aromatic heterocycles. The minimum absolute atomic E-state index is 0.0282. The summed E-state index contributed by atoms with van der Waals surface area (Å²) in [7, 11) is 0. The summed E-state index contributed by atoms with van der Waals surface area (Å²) in [5.41, 5.74) is 0.543. The van der Waals surface area contributed by atoms with Gasteiger partial charge in [-0.2, -0.15) is 0 Å². The van der Waals surface area contributed by atoms with Gasteiger partial charge in [0.1, 0.15) is 12.7 Å². The van der Waals surface area contributed by atoms with Crippen molar-refractivity contribution in [2.45, 2.75) is 26.1 Å². The number of hydrogen-bond donors (Lipinski definition) is 1. The lowest BCUT2D eigenvalue weighted by molar-refractivity contribution is -0.0468. The van der Waals surface area contributed by atoms with Crippen LogP contribution in [0, 0.1) is 5.82 Å². The van der Waals surface area contributed by atoms with Crippen LogP contribution in [0.3, 0.4) is 0 Å². The molecule has 1 aromatic carbocycles. The van der Waals surface area contributed by atoms with Gasteiger partial charge in [-0.25, -0.2) is 4.39 Å². The number of aliphatic hydroxyl groups excluding tert-OH is 1. The van der Waals surface area contributed by atoms with Gasteiger partial charge < -0.3 is 14.6 Å². The second-order valence-electron chi connectivity index (χ2n) is 5.06. The Balaban J connectivity index is 1.90. The number of ether oxygens (including phenoxy) is 2. The molecule has 0 radical (unpaired) electrons. The first-order chi connectivity index (χ1) is 9.60. The standard InChI is InChI=1S/C15H22FNO3/c1-3-17-6-7-19-13(9-17)10-20-15-5-4-12(11(2)18)8-14(15)16/h4-5,8,11,13,18H,3,6-7,9-10H2,1-2H3/t11-,13?/m0/s1. The highest BCUT2D eigenvalue weighted by Crippen LogP contribution is 2.22. The fourth-order valence-corrected chi connectivity index (χ4v) is 2.25. The Morgan fingerprint density at radius 1 is 1.55 bits per heavy atom. The van der Waals surface area contributed by atoms with E-state index < -0.39 is 11.9 Å². The number of rotatable bonds is 5. The molecule has 20 heavy (non-hydrogen) atoms. The van der Waals surface area contributed by atoms with Gasteiger partial charge in [-0.05, 0) is 31.2 Å². The minimum atomic E-state index is -0.682. The van der Waals surface area contributed by atoms with E-state index in [1.165, 1.54) is 6.07 Å². The van der Waals surface area contributed by atoms with Crippen molar-refractivity contribution in [3.63, 3.8) is 0 Å². The van der Waals surface area contributed by atoms with Crippen molar-refractivity contribution in [3.05, 3.63) is 29.6 Å². The minimum Gasteiger partial charge on any atom is -0.488 e. The van der Waals surface area contributed by atoms with E-state index in [2.05, 4.69) is 11.8 Å². The van der Waals surface area contributed by atoms with E-state index in [0.717, 1.165) is 19.6 Å². The van der Waals surface area contributed by atoms with Gasteiger partial charge in [-0.15, -0.1) is 0 Å². The monoisotopic (exact) mass is 283 g/mol. The molecule has 1 fully saturated rings. The summed E-state index contributed by atoms with van der Waals surface area (Å²) in [4.78, 5) is 2.28. The average Bonchev–Trinajstić information content (AvgIpc) is 2.46. The number of likely N-dealkylation sites (N-methyl/N-ethyl adjacent to an activating group) is 1. The van der Waals surface area contributed by atoms with E-state index in [1.807, 2.05) is 0 Å². The maximum atomic E-state index is 13.8. The predicted octanol–water partition coefficient (Wildman–Crippen LogP) is 1.98. The number of benzene rings is 1. The number of morpholine rings is 1. The first-order valence-corrected chi connectivity index (χ1v) is 7.04. The highest BCUT2D eigenvalue weighted by molar-refractivity contribution is 5.30. The third kappa shape index (κ3) is 3.91. The molecule has 1 aliphatic heterocycles. The zero-order valence-electron chi connectivity index (χ0n) is 12.0. The summed E-state index contributed by atoms with van der Waals surface area (Å²) in [6, 6.07) is 4.53. The fourth-order valence-electron chi connectivity index (χ4n) is 2.25. The number of aliphatic hydroxyl groups is 1. The summed E-state index contributed by atoms with van der Waals surface area (Å²) >= 11 is 0. The van der Waals surface area contributed by atoms with Gasteiger partial charge in [0.15, 0.2) is 11.6 Å². The van der Waals surface area contributed by atoms with Crippen LogP contribution in [-0.2, 0) is 4.74 Å². The van der Waals surface area contributed by atoms with Crippen LogP contribution in [0.1, 0.15) is 25.5 Å². The zero-order chi connectivity index (χ0) is 14.5. The molecule has 1 N–H and O–H groups in total. The van der Waals surface area contributed by atoms with Gasteiger partial charge in [0.2, 0.25) is 0 Å². The zero-order valence-corrected chi connectivity index (χ0v) is 12.0. The summed E-state index contributed by atoms with van der Waals surface area (Å²) in [5.74, 6) is -0.252. The summed E-state index contributed by atoms with van der Waals surface area (Å²) in [5, 5.41) is 9.40. The summed E-state index contributed by atoms with van der Waals surface area (Å²) < 4.78 is 24.9. The molecule has 4 nitrogen and oxygen atoms in total. The van der Waals surface area contributed by atoms with Gasteiger partial charge in [0.25, 0.3) is 0 Å². The van der Waals surface area contributed by atoms with Crippen molar-refractivity contribution in [3.8, 4) is 5.75 Å². The molecule has 0 aliphatic carbocycles. The van der Waals surface area contributed by atoms with Crippen LogP contribution < -0.4 is 4.74 Å². The Bertz CT molecular complexity index is 439. The maximum Gasteiger partial charge on any atom is 0.165 e. The van der Waals surface area contributed by atoms with E-state index in [-0.39, 0.29) is 11.9 Å². The lowest BCUT2D eigenvalue weighted by Crippen LogP contribution is -2.44. The SMILES string of the molecule is CCN1CCOC(COc2ccc([C@H](C)O)cc2F)C1. The molecule has 1 saturated heterocycles. The fraction of sp³-hybridized carbons (Fsp3) is 0.600. The molecule has 0 bridgehead atoms. The Morgan fingerprint density at radius 3 is 3.00 bits per heavy atom. The highest BCUT2D eigenvalue weighted by atomic mass is 19.1. The lowest BCUT2D eigenvalue weighted by Gasteiger charge is -2.31. The van der Waals surface area contributed by atoms with Crippen molar-refractivity contribution in [2.75, 3.05) is 32.8 Å². The maximum absolute atomic E-state index is 13.8. The molecule has 1 aliphatic rings. The Hall–Kier alpha value is -1.17. The molecule has 1 unspecified atom stereocenters. The van der Waals surface area contributed by atoms with E-state index in [4.69, 9.17) is 9.47 Å². The first kappa shape index (κ1) is 15.2. The highest BCUT2D eigenvalue weighted by Gasteiger charge is 2.20. The Kier molecular flexibility index (Phi) is 5.34. The van der Waals surface area contributed by atoms with Gasteiger partial charge in [-0.1, -0.05) is 13.0 Å². The first-order valence-electron chi connectivity index (χ1n) is 7.04. The molecule has 2 rings (SSSR count). The van der Waals surface area contributed by atoms with Gasteiger partial charge in [-0.3, -0.25) is 4.90 Å². The van der Waals surface area contributed by atoms with Crippen molar-refractivity contribution in [2.24, 2.45) is 0 Å². The molecular formula is C15H22FNO3. The van der Waals surface area contributed by atoms with Gasteiger partial charge in [0.05, 0.1) is 12.7 Å². The van der Waals surface area contributed by atoms with E-state index >= 15 is 0 Å². The normalized spacial score (nSPS) is 21.7. The molecular weight excluding hydrogens is 261 g/mol. The van der Waals surface area contributed by atoms with E-state index in [9.17, 15) is 9.50 Å². The van der Waals surface area contributed by atoms with Gasteiger partial charge in [0, 0.05) is 13.1 Å². The van der Waals surface area contributed by atoms with Crippen molar-refractivity contribution >= 4 is 0 Å². The summed E-state index contributed by atoms with van der Waals surface area (Å²) in [6.07, 6.45) is -0.710. The third-order valence-corrected chi connectivity index (χ3v) is 3.53. The molecule has 0 amide bonds. The Labute approximate surface area is 119 Å². The molecule has 0 saturated carbocycles. The molecule has 1 heterocycles. The second kappa shape index (κ2) is 7.02. The largest absolute Gasteiger partial charge is 0.488 e. The lowest BCUT2D eigenvalue weighted by atomic mass is 10.1. The van der Waals surface area contributed by atoms with Crippen LogP contribution in [0.15, 0.2) is 18.2 Å². The molecule has 112 valence electrons. The predicted molar refractivity (Wildman–Crippen MR) is 74.4 cm³/mol. The number of halogens is 1. The van der Waals surface area contributed by atoms with E-state index in [1.54, 1.807) is 19.1 Å². The molecule has 0 spiro atoms. The second-order valence-corrected chi connectivity index (χ2v) is 5.06. The smallest absolute Gasteiger partial charge is 0.165 e. The average molecular weight is 283 g/mol. The number of nitrogens with zero attached hydrogens (tertiary/aromatic N) is 1. The van der Waals surface area contributed by atoms with Crippen LogP contribution in [0.4, 0.5) is 4.39 Å². The topological polar surface area (TPSA) is 41.9 Å². The van der Waals surface area contributed by atoms with E-state index in [0.29, 0.717) is 18.8 Å². The van der Waals surface area contributed by atoms with Crippen LogP contribution >= 0.6 is 0 Å². The third-order valence-electron chi connectivity index (χ3n) is 3.53. The van der Waals surface area contributed by atoms with Crippen LogP contribution in [0.5, 0.6) is 5.75 Å². The molecule has 2 atom stereocenters. The van der Waals surface area contributed by atoms with Crippen molar-refractivity contribution < 1.29 is 19.0 Å². The Morgan fingerprint density at radius 2 is 2.35 bits per heavy atom. The molecule has 5 heteroatoms.